The van der Waals surface area contributed by atoms with Crippen molar-refractivity contribution >= 4 is 23.1 Å². The van der Waals surface area contributed by atoms with Crippen LogP contribution in [-0.2, 0) is 6.18 Å². The van der Waals surface area contributed by atoms with Gasteiger partial charge in [-0.15, -0.1) is 5.10 Å². The Morgan fingerprint density at radius 3 is 2.56 bits per heavy atom. The van der Waals surface area contributed by atoms with Gasteiger partial charge in [0.15, 0.2) is 0 Å². The molecule has 0 aliphatic carbocycles. The van der Waals surface area contributed by atoms with Crippen molar-refractivity contribution in [1.29, 1.82) is 0 Å². The highest BCUT2D eigenvalue weighted by molar-refractivity contribution is 7.03. The van der Waals surface area contributed by atoms with Crippen LogP contribution in [0.3, 0.4) is 0 Å². The Balaban J connectivity index is 2.36. The van der Waals surface area contributed by atoms with Crippen LogP contribution in [0.15, 0.2) is 17.5 Å². The summed E-state index contributed by atoms with van der Waals surface area (Å²) < 4.78 is 40.7. The van der Waals surface area contributed by atoms with Crippen molar-refractivity contribution in [3.8, 4) is 0 Å². The quantitative estimate of drug-likeness (QED) is 0.866. The highest BCUT2D eigenvalue weighted by atomic mass is 35.5. The summed E-state index contributed by atoms with van der Waals surface area (Å²) in [5.74, 6) is 0. The van der Waals surface area contributed by atoms with Crippen molar-refractivity contribution in [3.05, 3.63) is 39.6 Å². The molecule has 0 fully saturated rings. The molecule has 2 aromatic rings. The summed E-state index contributed by atoms with van der Waals surface area (Å²) in [5.41, 5.74) is -0.847. The van der Waals surface area contributed by atoms with Crippen molar-refractivity contribution in [2.45, 2.75) is 12.3 Å². The highest BCUT2D eigenvalue weighted by Crippen LogP contribution is 2.32. The van der Waals surface area contributed by atoms with E-state index in [2.05, 4.69) is 14.6 Å². The average molecular weight is 296 g/mol. The molecule has 0 amide bonds. The van der Waals surface area contributed by atoms with Crippen LogP contribution in [0.1, 0.15) is 23.1 Å². The third kappa shape index (κ3) is 2.60. The molecule has 0 aliphatic heterocycles. The Bertz CT molecular complexity index is 546. The molecular weight excluding hydrogens is 291 g/mol. The number of aliphatic hydroxyl groups excluding tert-OH is 1. The molecule has 0 spiro atoms. The number of halogens is 4. The molecule has 2 heterocycles. The summed E-state index contributed by atoms with van der Waals surface area (Å²) in [6.07, 6.45) is -5.82. The molecule has 0 saturated heterocycles. The molecule has 96 valence electrons. The Kier molecular flexibility index (Phi) is 3.51. The van der Waals surface area contributed by atoms with E-state index in [1.54, 1.807) is 0 Å². The molecule has 0 aliphatic rings. The minimum Gasteiger partial charge on any atom is -0.382 e. The predicted octanol–water partition coefficient (Wildman–Crippen LogP) is 2.69. The summed E-state index contributed by atoms with van der Waals surface area (Å²) in [7, 11) is 0. The number of pyridine rings is 1. The van der Waals surface area contributed by atoms with Gasteiger partial charge in [0.2, 0.25) is 0 Å². The lowest BCUT2D eigenvalue weighted by Crippen LogP contribution is -2.10. The second-order valence-corrected chi connectivity index (χ2v) is 4.27. The van der Waals surface area contributed by atoms with Gasteiger partial charge in [0, 0.05) is 10.9 Å². The predicted molar refractivity (Wildman–Crippen MR) is 58.2 cm³/mol. The number of aliphatic hydroxyl groups is 1. The Labute approximate surface area is 108 Å². The first-order chi connectivity index (χ1) is 8.39. The third-order valence-electron chi connectivity index (χ3n) is 2.12. The standard InChI is InChI=1S/C9H5ClF3N3OS/c10-8-4(7(17)5-3-18-16-15-5)1-2-6(14-8)9(11,12)13/h1-3,7,17H. The van der Waals surface area contributed by atoms with Gasteiger partial charge in [-0.25, -0.2) is 4.98 Å². The minimum atomic E-state index is -4.57. The lowest BCUT2D eigenvalue weighted by Gasteiger charge is -2.11. The van der Waals surface area contributed by atoms with Crippen LogP contribution in [0.2, 0.25) is 5.15 Å². The van der Waals surface area contributed by atoms with Gasteiger partial charge in [0.1, 0.15) is 22.6 Å². The summed E-state index contributed by atoms with van der Waals surface area (Å²) in [5, 5.41) is 14.5. The van der Waals surface area contributed by atoms with Crippen LogP contribution in [0.5, 0.6) is 0 Å². The molecule has 0 aromatic carbocycles. The van der Waals surface area contributed by atoms with E-state index in [4.69, 9.17) is 11.6 Å². The maximum Gasteiger partial charge on any atom is 0.433 e. The molecular formula is C9H5ClF3N3OS. The zero-order chi connectivity index (χ0) is 13.3. The minimum absolute atomic E-state index is 0.0531. The van der Waals surface area contributed by atoms with Crippen LogP contribution in [0.25, 0.3) is 0 Å². The molecule has 2 rings (SSSR count). The topological polar surface area (TPSA) is 58.9 Å². The van der Waals surface area contributed by atoms with E-state index < -0.39 is 23.1 Å². The molecule has 0 bridgehead atoms. The summed E-state index contributed by atoms with van der Waals surface area (Å²) in [6.45, 7) is 0. The van der Waals surface area contributed by atoms with Crippen LogP contribution < -0.4 is 0 Å². The van der Waals surface area contributed by atoms with E-state index in [1.807, 2.05) is 0 Å². The largest absolute Gasteiger partial charge is 0.433 e. The third-order valence-corrected chi connectivity index (χ3v) is 2.95. The van der Waals surface area contributed by atoms with E-state index in [0.29, 0.717) is 0 Å². The molecule has 1 unspecified atom stereocenters. The van der Waals surface area contributed by atoms with Crippen molar-refractivity contribution in [2.24, 2.45) is 0 Å². The number of alkyl halides is 3. The number of nitrogens with zero attached hydrogens (tertiary/aromatic N) is 3. The van der Waals surface area contributed by atoms with Crippen molar-refractivity contribution in [3.63, 3.8) is 0 Å². The van der Waals surface area contributed by atoms with Gasteiger partial charge in [-0.05, 0) is 17.6 Å². The average Bonchev–Trinajstić information content (AvgIpc) is 2.80. The first-order valence-electron chi connectivity index (χ1n) is 4.58. The lowest BCUT2D eigenvalue weighted by atomic mass is 10.1. The van der Waals surface area contributed by atoms with Crippen LogP contribution >= 0.6 is 23.1 Å². The van der Waals surface area contributed by atoms with Gasteiger partial charge < -0.3 is 5.11 Å². The van der Waals surface area contributed by atoms with Gasteiger partial charge in [-0.2, -0.15) is 13.2 Å². The Hall–Kier alpha value is -1.25. The van der Waals surface area contributed by atoms with Crippen molar-refractivity contribution < 1.29 is 18.3 Å². The van der Waals surface area contributed by atoms with Gasteiger partial charge in [-0.1, -0.05) is 22.2 Å². The van der Waals surface area contributed by atoms with E-state index in [1.165, 1.54) is 5.38 Å². The molecule has 1 atom stereocenters. The smallest absolute Gasteiger partial charge is 0.382 e. The molecule has 0 saturated carbocycles. The number of hydrogen-bond donors (Lipinski definition) is 1. The molecule has 4 nitrogen and oxygen atoms in total. The number of hydrogen-bond acceptors (Lipinski definition) is 5. The Morgan fingerprint density at radius 1 is 1.33 bits per heavy atom. The molecule has 2 aromatic heterocycles. The highest BCUT2D eigenvalue weighted by Gasteiger charge is 2.33. The normalized spacial score (nSPS) is 13.6. The number of rotatable bonds is 2. The monoisotopic (exact) mass is 295 g/mol. The van der Waals surface area contributed by atoms with E-state index >= 15 is 0 Å². The zero-order valence-corrected chi connectivity index (χ0v) is 10.1. The first kappa shape index (κ1) is 13.2. The zero-order valence-electron chi connectivity index (χ0n) is 8.52. The second kappa shape index (κ2) is 4.79. The maximum atomic E-state index is 12.4. The fourth-order valence-electron chi connectivity index (χ4n) is 1.26. The first-order valence-corrected chi connectivity index (χ1v) is 5.79. The molecule has 18 heavy (non-hydrogen) atoms. The van der Waals surface area contributed by atoms with Crippen LogP contribution in [0.4, 0.5) is 13.2 Å². The van der Waals surface area contributed by atoms with Crippen molar-refractivity contribution in [2.75, 3.05) is 0 Å². The fourth-order valence-corrected chi connectivity index (χ4v) is 1.99. The van der Waals surface area contributed by atoms with Gasteiger partial charge >= 0.3 is 6.18 Å². The van der Waals surface area contributed by atoms with E-state index in [9.17, 15) is 18.3 Å². The number of aromatic nitrogens is 3. The van der Waals surface area contributed by atoms with E-state index in [0.717, 1.165) is 23.7 Å². The summed E-state index contributed by atoms with van der Waals surface area (Å²) in [4.78, 5) is 3.21. The molecule has 9 heteroatoms. The fraction of sp³-hybridized carbons (Fsp3) is 0.222. The molecule has 0 radical (unpaired) electrons. The van der Waals surface area contributed by atoms with Gasteiger partial charge in [0.05, 0.1) is 0 Å². The SMILES string of the molecule is OC(c1csnn1)c1ccc(C(F)(F)F)nc1Cl. The molecule has 1 N–H and O–H groups in total. The maximum absolute atomic E-state index is 12.4. The lowest BCUT2D eigenvalue weighted by molar-refractivity contribution is -0.141. The Morgan fingerprint density at radius 2 is 2.06 bits per heavy atom. The summed E-state index contributed by atoms with van der Waals surface area (Å²) in [6, 6.07) is 1.83. The summed E-state index contributed by atoms with van der Waals surface area (Å²) >= 11 is 6.64. The van der Waals surface area contributed by atoms with E-state index in [-0.39, 0.29) is 11.3 Å². The van der Waals surface area contributed by atoms with Crippen LogP contribution in [0, 0.1) is 0 Å². The van der Waals surface area contributed by atoms with Gasteiger partial charge in [0.25, 0.3) is 0 Å². The van der Waals surface area contributed by atoms with Gasteiger partial charge in [-0.3, -0.25) is 0 Å². The van der Waals surface area contributed by atoms with Crippen molar-refractivity contribution in [1.82, 2.24) is 14.6 Å². The van der Waals surface area contributed by atoms with Crippen LogP contribution in [-0.4, -0.2) is 19.7 Å². The second-order valence-electron chi connectivity index (χ2n) is 3.31.